The van der Waals surface area contributed by atoms with E-state index in [4.69, 9.17) is 5.11 Å². The third-order valence-corrected chi connectivity index (χ3v) is 3.78. The molecule has 0 heterocycles. The van der Waals surface area contributed by atoms with Crippen molar-refractivity contribution >= 4 is 5.91 Å². The lowest BCUT2D eigenvalue weighted by atomic mass is 9.93. The molecule has 22 heavy (non-hydrogen) atoms. The molecule has 2 rings (SSSR count). The second-order valence-electron chi connectivity index (χ2n) is 5.40. The van der Waals surface area contributed by atoms with Crippen LogP contribution < -0.4 is 5.32 Å². The Morgan fingerprint density at radius 2 is 1.59 bits per heavy atom. The average molecular weight is 297 g/mol. The first-order valence-electron chi connectivity index (χ1n) is 7.80. The number of aliphatic hydroxyl groups excluding tert-OH is 1. The van der Waals surface area contributed by atoms with E-state index >= 15 is 0 Å². The summed E-state index contributed by atoms with van der Waals surface area (Å²) >= 11 is 0. The summed E-state index contributed by atoms with van der Waals surface area (Å²) in [6.07, 6.45) is 2.72. The molecule has 3 nitrogen and oxygen atoms in total. The maximum absolute atomic E-state index is 12.2. The van der Waals surface area contributed by atoms with Crippen LogP contribution in [0.1, 0.15) is 41.1 Å². The van der Waals surface area contributed by atoms with Gasteiger partial charge in [-0.15, -0.1) is 0 Å². The van der Waals surface area contributed by atoms with Crippen LogP contribution in [-0.4, -0.2) is 24.2 Å². The van der Waals surface area contributed by atoms with Gasteiger partial charge >= 0.3 is 0 Å². The number of carbonyl (C=O) groups excluding carboxylic acids is 1. The number of nitrogens with one attached hydrogen (secondary N) is 1. The van der Waals surface area contributed by atoms with Crippen molar-refractivity contribution in [2.75, 3.05) is 13.2 Å². The highest BCUT2D eigenvalue weighted by Crippen LogP contribution is 2.21. The van der Waals surface area contributed by atoms with Gasteiger partial charge in [0.05, 0.1) is 0 Å². The van der Waals surface area contributed by atoms with Gasteiger partial charge in [0.15, 0.2) is 0 Å². The molecule has 0 bridgehead atoms. The molecule has 2 aromatic rings. The SMILES string of the molecule is O=C(NCC(CCCCO)c1ccccc1)c1ccccc1. The van der Waals surface area contributed by atoms with Crippen LogP contribution in [0.15, 0.2) is 60.7 Å². The molecule has 0 aliphatic carbocycles. The van der Waals surface area contributed by atoms with Gasteiger partial charge in [0.1, 0.15) is 0 Å². The molecular formula is C19H23NO2. The lowest BCUT2D eigenvalue weighted by Gasteiger charge is -2.18. The highest BCUT2D eigenvalue weighted by Gasteiger charge is 2.13. The van der Waals surface area contributed by atoms with Crippen LogP contribution in [-0.2, 0) is 0 Å². The largest absolute Gasteiger partial charge is 0.396 e. The molecule has 0 saturated heterocycles. The zero-order valence-electron chi connectivity index (χ0n) is 12.7. The van der Waals surface area contributed by atoms with Crippen LogP contribution in [0.25, 0.3) is 0 Å². The minimum Gasteiger partial charge on any atom is -0.396 e. The lowest BCUT2D eigenvalue weighted by Crippen LogP contribution is -2.28. The van der Waals surface area contributed by atoms with Crippen molar-refractivity contribution < 1.29 is 9.90 Å². The Balaban J connectivity index is 1.96. The normalized spacial score (nSPS) is 11.9. The molecule has 1 amide bonds. The summed E-state index contributed by atoms with van der Waals surface area (Å²) in [5, 5.41) is 12.0. The van der Waals surface area contributed by atoms with Crippen LogP contribution in [0.5, 0.6) is 0 Å². The van der Waals surface area contributed by atoms with Crippen LogP contribution >= 0.6 is 0 Å². The molecule has 116 valence electrons. The Hall–Kier alpha value is -2.13. The summed E-state index contributed by atoms with van der Waals surface area (Å²) in [4.78, 5) is 12.2. The average Bonchev–Trinajstić information content (AvgIpc) is 2.59. The Kier molecular flexibility index (Phi) is 6.65. The Labute approximate surface area is 132 Å². The van der Waals surface area contributed by atoms with E-state index in [1.54, 1.807) is 0 Å². The van der Waals surface area contributed by atoms with Crippen molar-refractivity contribution in [2.24, 2.45) is 0 Å². The van der Waals surface area contributed by atoms with Gasteiger partial charge in [-0.2, -0.15) is 0 Å². The van der Waals surface area contributed by atoms with E-state index in [2.05, 4.69) is 17.4 Å². The summed E-state index contributed by atoms with van der Waals surface area (Å²) in [6, 6.07) is 19.5. The van der Waals surface area contributed by atoms with Gasteiger partial charge in [0, 0.05) is 24.6 Å². The number of hydrogen-bond acceptors (Lipinski definition) is 2. The van der Waals surface area contributed by atoms with Crippen molar-refractivity contribution in [3.8, 4) is 0 Å². The van der Waals surface area contributed by atoms with Gasteiger partial charge in [-0.25, -0.2) is 0 Å². The Morgan fingerprint density at radius 1 is 0.955 bits per heavy atom. The van der Waals surface area contributed by atoms with E-state index in [0.717, 1.165) is 19.3 Å². The number of hydrogen-bond donors (Lipinski definition) is 2. The minimum atomic E-state index is -0.0383. The zero-order chi connectivity index (χ0) is 15.6. The van der Waals surface area contributed by atoms with E-state index in [-0.39, 0.29) is 18.4 Å². The first-order valence-corrected chi connectivity index (χ1v) is 7.80. The fraction of sp³-hybridized carbons (Fsp3) is 0.316. The van der Waals surface area contributed by atoms with Gasteiger partial charge in [0.25, 0.3) is 5.91 Å². The summed E-state index contributed by atoms with van der Waals surface area (Å²) < 4.78 is 0. The minimum absolute atomic E-state index is 0.0383. The van der Waals surface area contributed by atoms with E-state index in [0.29, 0.717) is 12.1 Å². The zero-order valence-corrected chi connectivity index (χ0v) is 12.7. The third kappa shape index (κ3) is 5.01. The molecular weight excluding hydrogens is 274 g/mol. The van der Waals surface area contributed by atoms with Crippen LogP contribution in [0.4, 0.5) is 0 Å². The van der Waals surface area contributed by atoms with Gasteiger partial charge < -0.3 is 10.4 Å². The van der Waals surface area contributed by atoms with Crippen LogP contribution in [0.2, 0.25) is 0 Å². The predicted molar refractivity (Wildman–Crippen MR) is 88.9 cm³/mol. The molecule has 2 N–H and O–H groups in total. The monoisotopic (exact) mass is 297 g/mol. The second-order valence-corrected chi connectivity index (χ2v) is 5.40. The molecule has 1 unspecified atom stereocenters. The van der Waals surface area contributed by atoms with Crippen molar-refractivity contribution in [2.45, 2.75) is 25.2 Å². The van der Waals surface area contributed by atoms with E-state index in [1.165, 1.54) is 5.56 Å². The highest BCUT2D eigenvalue weighted by molar-refractivity contribution is 5.94. The molecule has 2 aromatic carbocycles. The first-order chi connectivity index (χ1) is 10.8. The summed E-state index contributed by atoms with van der Waals surface area (Å²) in [7, 11) is 0. The van der Waals surface area contributed by atoms with Crippen LogP contribution in [0.3, 0.4) is 0 Å². The van der Waals surface area contributed by atoms with E-state index < -0.39 is 0 Å². The van der Waals surface area contributed by atoms with Gasteiger partial charge in [-0.3, -0.25) is 4.79 Å². The fourth-order valence-corrected chi connectivity index (χ4v) is 2.52. The lowest BCUT2D eigenvalue weighted by molar-refractivity contribution is 0.0950. The molecule has 3 heteroatoms. The molecule has 0 aromatic heterocycles. The topological polar surface area (TPSA) is 49.3 Å². The summed E-state index contributed by atoms with van der Waals surface area (Å²) in [5.74, 6) is 0.240. The highest BCUT2D eigenvalue weighted by atomic mass is 16.2. The number of unbranched alkanes of at least 4 members (excludes halogenated alkanes) is 1. The molecule has 1 atom stereocenters. The fourth-order valence-electron chi connectivity index (χ4n) is 2.52. The van der Waals surface area contributed by atoms with Crippen molar-refractivity contribution in [1.29, 1.82) is 0 Å². The number of rotatable bonds is 8. The first kappa shape index (κ1) is 16.2. The number of benzene rings is 2. The van der Waals surface area contributed by atoms with E-state index in [9.17, 15) is 4.79 Å². The van der Waals surface area contributed by atoms with Crippen molar-refractivity contribution in [3.05, 3.63) is 71.8 Å². The number of carbonyl (C=O) groups is 1. The van der Waals surface area contributed by atoms with Gasteiger partial charge in [-0.1, -0.05) is 55.0 Å². The standard InChI is InChI=1S/C19H23NO2/c21-14-8-7-13-18(16-9-3-1-4-10-16)15-20-19(22)17-11-5-2-6-12-17/h1-6,9-12,18,21H,7-8,13-15H2,(H,20,22). The smallest absolute Gasteiger partial charge is 0.251 e. The number of amides is 1. The quantitative estimate of drug-likeness (QED) is 0.734. The maximum Gasteiger partial charge on any atom is 0.251 e. The Bertz CT molecular complexity index is 554. The molecule has 0 fully saturated rings. The second kappa shape index (κ2) is 9.00. The van der Waals surface area contributed by atoms with Crippen LogP contribution in [0, 0.1) is 0 Å². The molecule has 0 aliphatic rings. The van der Waals surface area contributed by atoms with Gasteiger partial charge in [-0.05, 0) is 30.5 Å². The molecule has 0 saturated carbocycles. The van der Waals surface area contributed by atoms with E-state index in [1.807, 2.05) is 48.5 Å². The molecule has 0 aliphatic heterocycles. The van der Waals surface area contributed by atoms with Crippen molar-refractivity contribution in [1.82, 2.24) is 5.32 Å². The maximum atomic E-state index is 12.2. The summed E-state index contributed by atoms with van der Waals surface area (Å²) in [5.41, 5.74) is 1.92. The Morgan fingerprint density at radius 3 is 2.23 bits per heavy atom. The van der Waals surface area contributed by atoms with Gasteiger partial charge in [0.2, 0.25) is 0 Å². The number of aliphatic hydroxyl groups is 1. The predicted octanol–water partition coefficient (Wildman–Crippen LogP) is 3.36. The summed E-state index contributed by atoms with van der Waals surface area (Å²) in [6.45, 7) is 0.834. The molecule has 0 spiro atoms. The van der Waals surface area contributed by atoms with Crippen molar-refractivity contribution in [3.63, 3.8) is 0 Å². The molecule has 0 radical (unpaired) electrons. The third-order valence-electron chi connectivity index (χ3n) is 3.78.